The van der Waals surface area contributed by atoms with Crippen molar-refractivity contribution >= 4 is 16.6 Å². The largest absolute Gasteiger partial charge is 0.399 e. The first-order valence-electron chi connectivity index (χ1n) is 4.73. The van der Waals surface area contributed by atoms with E-state index < -0.39 is 0 Å². The van der Waals surface area contributed by atoms with Crippen LogP contribution in [0.1, 0.15) is 6.92 Å². The van der Waals surface area contributed by atoms with Gasteiger partial charge in [-0.25, -0.2) is 0 Å². The molecule has 0 saturated heterocycles. The topological polar surface area (TPSA) is 40.2 Å². The summed E-state index contributed by atoms with van der Waals surface area (Å²) in [4.78, 5) is 0. The fourth-order valence-corrected chi connectivity index (χ4v) is 1.52. The van der Waals surface area contributed by atoms with Gasteiger partial charge < -0.3 is 15.0 Å². The van der Waals surface area contributed by atoms with Gasteiger partial charge in [-0.1, -0.05) is 0 Å². The van der Waals surface area contributed by atoms with Crippen molar-refractivity contribution in [3.8, 4) is 0 Å². The van der Waals surface area contributed by atoms with E-state index in [-0.39, 0.29) is 0 Å². The average molecular weight is 190 g/mol. The predicted octanol–water partition coefficient (Wildman–Crippen LogP) is 2.22. The van der Waals surface area contributed by atoms with Crippen molar-refractivity contribution in [2.75, 3.05) is 12.3 Å². The Morgan fingerprint density at radius 1 is 1.36 bits per heavy atom. The van der Waals surface area contributed by atoms with Crippen molar-refractivity contribution in [3.05, 3.63) is 30.5 Å². The molecule has 0 amide bonds. The maximum absolute atomic E-state index is 5.69. The molecule has 1 heterocycles. The van der Waals surface area contributed by atoms with E-state index in [4.69, 9.17) is 10.5 Å². The molecule has 0 saturated carbocycles. The van der Waals surface area contributed by atoms with Gasteiger partial charge in [-0.3, -0.25) is 0 Å². The van der Waals surface area contributed by atoms with E-state index in [1.807, 2.05) is 37.4 Å². The van der Waals surface area contributed by atoms with Gasteiger partial charge in [0.2, 0.25) is 0 Å². The lowest BCUT2D eigenvalue weighted by Gasteiger charge is -2.04. The first-order chi connectivity index (χ1) is 6.81. The highest BCUT2D eigenvalue weighted by Crippen LogP contribution is 2.18. The van der Waals surface area contributed by atoms with E-state index in [9.17, 15) is 0 Å². The molecule has 2 rings (SSSR count). The van der Waals surface area contributed by atoms with Crippen LogP contribution in [0.25, 0.3) is 10.9 Å². The second-order valence-electron chi connectivity index (χ2n) is 3.23. The molecule has 0 aliphatic carbocycles. The minimum Gasteiger partial charge on any atom is -0.399 e. The van der Waals surface area contributed by atoms with Crippen LogP contribution >= 0.6 is 0 Å². The van der Waals surface area contributed by atoms with Crippen LogP contribution in [0, 0.1) is 0 Å². The van der Waals surface area contributed by atoms with Crippen LogP contribution in [-0.4, -0.2) is 11.2 Å². The third-order valence-corrected chi connectivity index (χ3v) is 2.23. The molecule has 0 bridgehead atoms. The van der Waals surface area contributed by atoms with Crippen LogP contribution in [0.2, 0.25) is 0 Å². The number of nitrogens with zero attached hydrogens (tertiary/aromatic N) is 1. The number of hydrogen-bond donors (Lipinski definition) is 1. The van der Waals surface area contributed by atoms with Crippen molar-refractivity contribution in [2.24, 2.45) is 0 Å². The molecule has 0 aliphatic heterocycles. The molecule has 0 aliphatic rings. The Kier molecular flexibility index (Phi) is 2.41. The fraction of sp³-hybridized carbons (Fsp3) is 0.273. The Morgan fingerprint density at radius 2 is 2.21 bits per heavy atom. The molecule has 2 aromatic rings. The average Bonchev–Trinajstić information content (AvgIpc) is 2.57. The molecule has 0 radical (unpaired) electrons. The Bertz CT molecular complexity index is 434. The first kappa shape index (κ1) is 9.09. The maximum atomic E-state index is 5.69. The molecular weight excluding hydrogens is 176 g/mol. The zero-order chi connectivity index (χ0) is 9.97. The summed E-state index contributed by atoms with van der Waals surface area (Å²) in [5.74, 6) is 0. The number of ether oxygens (including phenoxy) is 1. The molecule has 1 aromatic carbocycles. The van der Waals surface area contributed by atoms with Crippen molar-refractivity contribution in [1.29, 1.82) is 0 Å². The number of nitrogens with two attached hydrogens (primary N) is 1. The van der Waals surface area contributed by atoms with Gasteiger partial charge in [0.25, 0.3) is 0 Å². The molecule has 74 valence electrons. The predicted molar refractivity (Wildman–Crippen MR) is 58.0 cm³/mol. The Morgan fingerprint density at radius 3 is 3.00 bits per heavy atom. The molecule has 0 fully saturated rings. The number of nitrogen functional groups attached to an aromatic ring is 1. The van der Waals surface area contributed by atoms with Crippen LogP contribution in [0.3, 0.4) is 0 Å². The van der Waals surface area contributed by atoms with Gasteiger partial charge in [0.1, 0.15) is 6.73 Å². The Labute approximate surface area is 83.1 Å². The van der Waals surface area contributed by atoms with Gasteiger partial charge in [0, 0.05) is 23.9 Å². The second kappa shape index (κ2) is 3.72. The standard InChI is InChI=1S/C11H14N2O/c1-2-14-8-13-6-5-9-7-10(12)3-4-11(9)13/h3-7H,2,8,12H2,1H3. The third-order valence-electron chi connectivity index (χ3n) is 2.23. The highest BCUT2D eigenvalue weighted by Gasteiger charge is 1.99. The molecule has 3 heteroatoms. The fourth-order valence-electron chi connectivity index (χ4n) is 1.52. The van der Waals surface area contributed by atoms with Gasteiger partial charge in [0.15, 0.2) is 0 Å². The molecular formula is C11H14N2O. The monoisotopic (exact) mass is 190 g/mol. The number of aromatic nitrogens is 1. The third kappa shape index (κ3) is 1.59. The smallest absolute Gasteiger partial charge is 0.122 e. The summed E-state index contributed by atoms with van der Waals surface area (Å²) in [7, 11) is 0. The van der Waals surface area contributed by atoms with Crippen LogP contribution in [0.5, 0.6) is 0 Å². The molecule has 1 aromatic heterocycles. The Balaban J connectivity index is 2.37. The molecule has 2 N–H and O–H groups in total. The number of rotatable bonds is 3. The lowest BCUT2D eigenvalue weighted by atomic mass is 10.2. The number of benzene rings is 1. The van der Waals surface area contributed by atoms with Crippen LogP contribution in [0.4, 0.5) is 5.69 Å². The van der Waals surface area contributed by atoms with E-state index in [1.54, 1.807) is 0 Å². The minimum atomic E-state index is 0.601. The highest BCUT2D eigenvalue weighted by molar-refractivity contribution is 5.83. The van der Waals surface area contributed by atoms with Gasteiger partial charge in [-0.15, -0.1) is 0 Å². The summed E-state index contributed by atoms with van der Waals surface area (Å²) in [6, 6.07) is 7.94. The highest BCUT2D eigenvalue weighted by atomic mass is 16.5. The normalized spacial score (nSPS) is 10.9. The van der Waals surface area contributed by atoms with E-state index in [0.717, 1.165) is 23.2 Å². The van der Waals surface area contributed by atoms with Gasteiger partial charge in [-0.05, 0) is 31.2 Å². The Hall–Kier alpha value is -1.48. The van der Waals surface area contributed by atoms with Gasteiger partial charge in [-0.2, -0.15) is 0 Å². The quantitative estimate of drug-likeness (QED) is 0.754. The molecule has 0 spiro atoms. The molecule has 14 heavy (non-hydrogen) atoms. The lowest BCUT2D eigenvalue weighted by Crippen LogP contribution is -2.00. The summed E-state index contributed by atoms with van der Waals surface area (Å²) in [5, 5.41) is 1.16. The minimum absolute atomic E-state index is 0.601. The van der Waals surface area contributed by atoms with E-state index >= 15 is 0 Å². The summed E-state index contributed by atoms with van der Waals surface area (Å²) < 4.78 is 7.42. The van der Waals surface area contributed by atoms with E-state index in [2.05, 4.69) is 4.57 Å². The van der Waals surface area contributed by atoms with Crippen LogP contribution in [-0.2, 0) is 11.5 Å². The number of hydrogen-bond acceptors (Lipinski definition) is 2. The SMILES string of the molecule is CCOCn1ccc2cc(N)ccc21. The zero-order valence-electron chi connectivity index (χ0n) is 8.23. The number of fused-ring (bicyclic) bond motifs is 1. The van der Waals surface area contributed by atoms with E-state index in [0.29, 0.717) is 6.73 Å². The zero-order valence-corrected chi connectivity index (χ0v) is 8.23. The van der Waals surface area contributed by atoms with Crippen molar-refractivity contribution in [3.63, 3.8) is 0 Å². The van der Waals surface area contributed by atoms with Crippen LogP contribution in [0.15, 0.2) is 30.5 Å². The molecule has 0 unspecified atom stereocenters. The molecule has 0 atom stereocenters. The van der Waals surface area contributed by atoms with Crippen LogP contribution < -0.4 is 5.73 Å². The number of anilines is 1. The summed E-state index contributed by atoms with van der Waals surface area (Å²) in [6.07, 6.45) is 2.01. The van der Waals surface area contributed by atoms with E-state index in [1.165, 1.54) is 0 Å². The van der Waals surface area contributed by atoms with Crippen molar-refractivity contribution in [1.82, 2.24) is 4.57 Å². The lowest BCUT2D eigenvalue weighted by molar-refractivity contribution is 0.0909. The summed E-state index contributed by atoms with van der Waals surface area (Å²) >= 11 is 0. The summed E-state index contributed by atoms with van der Waals surface area (Å²) in [6.45, 7) is 3.32. The van der Waals surface area contributed by atoms with Gasteiger partial charge >= 0.3 is 0 Å². The molecule has 3 nitrogen and oxygen atoms in total. The first-order valence-corrected chi connectivity index (χ1v) is 4.73. The summed E-state index contributed by atoms with van der Waals surface area (Å²) in [5.41, 5.74) is 7.65. The van der Waals surface area contributed by atoms with Crippen molar-refractivity contribution in [2.45, 2.75) is 13.7 Å². The second-order valence-corrected chi connectivity index (χ2v) is 3.23. The van der Waals surface area contributed by atoms with Crippen molar-refractivity contribution < 1.29 is 4.74 Å². The maximum Gasteiger partial charge on any atom is 0.122 e. The van der Waals surface area contributed by atoms with Gasteiger partial charge in [0.05, 0.1) is 5.52 Å².